The number of Topliss-reactive ketones (excluding diaryl/α,β-unsaturated/α-hetero) is 1. The topological polar surface area (TPSA) is 83.6 Å². The minimum absolute atomic E-state index is 0.0150. The minimum atomic E-state index is -0.879. The lowest BCUT2D eigenvalue weighted by Gasteiger charge is -2.23. The first kappa shape index (κ1) is 20.9. The second kappa shape index (κ2) is 7.71. The predicted molar refractivity (Wildman–Crippen MR) is 118 cm³/mol. The van der Waals surface area contributed by atoms with Crippen molar-refractivity contribution in [3.05, 3.63) is 88.1 Å². The van der Waals surface area contributed by atoms with Crippen molar-refractivity contribution in [2.24, 2.45) is 0 Å². The van der Waals surface area contributed by atoms with E-state index < -0.39 is 17.7 Å². The summed E-state index contributed by atoms with van der Waals surface area (Å²) in [7, 11) is 0. The Labute approximate surface area is 184 Å². The Bertz CT molecular complexity index is 1170. The number of aliphatic hydroxyl groups is 1. The van der Waals surface area contributed by atoms with E-state index in [0.717, 1.165) is 0 Å². The van der Waals surface area contributed by atoms with Gasteiger partial charge in [0.25, 0.3) is 5.78 Å². The third-order valence-corrected chi connectivity index (χ3v) is 5.41. The molecule has 31 heavy (non-hydrogen) atoms. The second-order valence-electron chi connectivity index (χ2n) is 8.39. The van der Waals surface area contributed by atoms with Crippen molar-refractivity contribution in [3.8, 4) is 0 Å². The van der Waals surface area contributed by atoms with Crippen LogP contribution in [0.25, 0.3) is 5.76 Å². The summed E-state index contributed by atoms with van der Waals surface area (Å²) in [5, 5.41) is 15.6. The van der Waals surface area contributed by atoms with E-state index in [1.54, 1.807) is 60.7 Å². The molecule has 0 radical (unpaired) electrons. The molecule has 0 bridgehead atoms. The number of aliphatic hydroxyl groups excluding tert-OH is 1. The summed E-state index contributed by atoms with van der Waals surface area (Å²) in [6.45, 7) is 5.87. The van der Waals surface area contributed by atoms with Crippen molar-refractivity contribution in [1.82, 2.24) is 5.16 Å². The summed E-state index contributed by atoms with van der Waals surface area (Å²) < 4.78 is 5.45. The number of ketones is 1. The van der Waals surface area contributed by atoms with Gasteiger partial charge in [0.15, 0.2) is 5.82 Å². The molecular formula is C24H21ClN2O4. The smallest absolute Gasteiger partial charge is 0.301 e. The molecule has 1 saturated heterocycles. The molecule has 0 saturated carbocycles. The average Bonchev–Trinajstić information content (AvgIpc) is 3.33. The molecule has 1 amide bonds. The Morgan fingerprint density at radius 3 is 2.29 bits per heavy atom. The fourth-order valence-electron chi connectivity index (χ4n) is 3.51. The quantitative estimate of drug-likeness (QED) is 0.344. The summed E-state index contributed by atoms with van der Waals surface area (Å²) in [6.07, 6.45) is 0. The van der Waals surface area contributed by atoms with Crippen molar-refractivity contribution in [1.29, 1.82) is 0 Å². The Kier molecular flexibility index (Phi) is 5.19. The summed E-state index contributed by atoms with van der Waals surface area (Å²) in [4.78, 5) is 27.4. The highest BCUT2D eigenvalue weighted by molar-refractivity contribution is 6.51. The number of rotatable bonds is 3. The molecule has 0 aliphatic carbocycles. The van der Waals surface area contributed by atoms with Crippen molar-refractivity contribution >= 4 is 34.9 Å². The normalized spacial score (nSPS) is 18.6. The largest absolute Gasteiger partial charge is 0.507 e. The molecule has 1 aliphatic rings. The van der Waals surface area contributed by atoms with Crippen molar-refractivity contribution in [2.75, 3.05) is 4.90 Å². The summed E-state index contributed by atoms with van der Waals surface area (Å²) in [5.41, 5.74) is 0.703. The second-order valence-corrected chi connectivity index (χ2v) is 8.82. The van der Waals surface area contributed by atoms with E-state index in [0.29, 0.717) is 21.9 Å². The van der Waals surface area contributed by atoms with Gasteiger partial charge in [-0.05, 0) is 17.7 Å². The summed E-state index contributed by atoms with van der Waals surface area (Å²) >= 11 is 6.04. The van der Waals surface area contributed by atoms with Crippen LogP contribution >= 0.6 is 11.6 Å². The van der Waals surface area contributed by atoms with Gasteiger partial charge in [0, 0.05) is 22.1 Å². The molecule has 1 aliphatic heterocycles. The number of amides is 1. The highest BCUT2D eigenvalue weighted by Gasteiger charge is 2.48. The first-order valence-corrected chi connectivity index (χ1v) is 10.2. The first-order chi connectivity index (χ1) is 14.7. The van der Waals surface area contributed by atoms with Gasteiger partial charge in [0.2, 0.25) is 0 Å². The molecule has 2 aromatic carbocycles. The van der Waals surface area contributed by atoms with E-state index in [-0.39, 0.29) is 22.6 Å². The van der Waals surface area contributed by atoms with Crippen LogP contribution in [0.3, 0.4) is 0 Å². The number of carbonyl (C=O) groups is 2. The maximum atomic E-state index is 13.1. The number of carbonyl (C=O) groups excluding carboxylic acids is 2. The molecule has 2 heterocycles. The molecule has 158 valence electrons. The van der Waals surface area contributed by atoms with Gasteiger partial charge in [-0.2, -0.15) is 0 Å². The number of aromatic nitrogens is 1. The van der Waals surface area contributed by atoms with Crippen LogP contribution in [-0.4, -0.2) is 22.0 Å². The van der Waals surface area contributed by atoms with Crippen LogP contribution in [0, 0.1) is 0 Å². The monoisotopic (exact) mass is 436 g/mol. The Hall–Kier alpha value is -3.38. The Balaban J connectivity index is 1.92. The van der Waals surface area contributed by atoms with Gasteiger partial charge < -0.3 is 9.63 Å². The molecule has 1 unspecified atom stereocenters. The lowest BCUT2D eigenvalue weighted by molar-refractivity contribution is -0.132. The zero-order valence-electron chi connectivity index (χ0n) is 17.3. The van der Waals surface area contributed by atoms with Crippen LogP contribution < -0.4 is 4.90 Å². The van der Waals surface area contributed by atoms with Crippen LogP contribution in [0.5, 0.6) is 0 Å². The minimum Gasteiger partial charge on any atom is -0.507 e. The molecule has 6 nitrogen and oxygen atoms in total. The third-order valence-electron chi connectivity index (χ3n) is 5.16. The van der Waals surface area contributed by atoms with Crippen LogP contribution in [0.15, 0.2) is 70.8 Å². The molecular weight excluding hydrogens is 416 g/mol. The third kappa shape index (κ3) is 3.75. The van der Waals surface area contributed by atoms with Crippen LogP contribution in [-0.2, 0) is 15.0 Å². The van der Waals surface area contributed by atoms with Crippen LogP contribution in [0.1, 0.15) is 43.7 Å². The SMILES string of the molecule is CC(C)(C)c1cc(N2C(=O)C(=O)/C(=C(\O)c3ccccc3)C2c2ccc(Cl)cc2)no1. The molecule has 7 heteroatoms. The number of hydrogen-bond acceptors (Lipinski definition) is 5. The molecule has 3 aromatic rings. The highest BCUT2D eigenvalue weighted by atomic mass is 35.5. The summed E-state index contributed by atoms with van der Waals surface area (Å²) in [5.74, 6) is -1.05. The van der Waals surface area contributed by atoms with E-state index in [1.165, 1.54) is 4.90 Å². The van der Waals surface area contributed by atoms with Gasteiger partial charge in [-0.15, -0.1) is 0 Å². The molecule has 1 fully saturated rings. The van der Waals surface area contributed by atoms with E-state index >= 15 is 0 Å². The number of anilines is 1. The maximum absolute atomic E-state index is 13.1. The standard InChI is InChI=1S/C24H21ClN2O4/c1-24(2,3)17-13-18(26-31-17)27-20(14-9-11-16(25)12-10-14)19(22(29)23(27)30)21(28)15-7-5-4-6-8-15/h4-13,20,28H,1-3H3/b21-19-. The van der Waals surface area contributed by atoms with Crippen molar-refractivity contribution in [3.63, 3.8) is 0 Å². The van der Waals surface area contributed by atoms with Crippen LogP contribution in [0.4, 0.5) is 5.82 Å². The maximum Gasteiger partial charge on any atom is 0.301 e. The van der Waals surface area contributed by atoms with E-state index in [9.17, 15) is 14.7 Å². The molecule has 1 N–H and O–H groups in total. The number of hydrogen-bond donors (Lipinski definition) is 1. The molecule has 0 spiro atoms. The van der Waals surface area contributed by atoms with Gasteiger partial charge in [-0.25, -0.2) is 0 Å². The first-order valence-electron chi connectivity index (χ1n) is 9.77. The number of halogens is 1. The fourth-order valence-corrected chi connectivity index (χ4v) is 3.64. The highest BCUT2D eigenvalue weighted by Crippen LogP contribution is 2.42. The van der Waals surface area contributed by atoms with Gasteiger partial charge in [-0.1, -0.05) is 80.0 Å². The molecule has 1 aromatic heterocycles. The fraction of sp³-hybridized carbons (Fsp3) is 0.208. The van der Waals surface area contributed by atoms with Gasteiger partial charge in [-0.3, -0.25) is 14.5 Å². The lowest BCUT2D eigenvalue weighted by atomic mass is 9.93. The van der Waals surface area contributed by atoms with Gasteiger partial charge in [0.1, 0.15) is 11.5 Å². The van der Waals surface area contributed by atoms with E-state index in [4.69, 9.17) is 16.1 Å². The van der Waals surface area contributed by atoms with Gasteiger partial charge >= 0.3 is 5.91 Å². The Morgan fingerprint density at radius 2 is 1.71 bits per heavy atom. The Morgan fingerprint density at radius 1 is 1.06 bits per heavy atom. The molecule has 1 atom stereocenters. The number of benzene rings is 2. The van der Waals surface area contributed by atoms with Crippen molar-refractivity contribution in [2.45, 2.75) is 32.2 Å². The van der Waals surface area contributed by atoms with Gasteiger partial charge in [0.05, 0.1) is 11.6 Å². The predicted octanol–water partition coefficient (Wildman–Crippen LogP) is 5.25. The average molecular weight is 437 g/mol. The zero-order valence-corrected chi connectivity index (χ0v) is 18.1. The zero-order chi connectivity index (χ0) is 22.3. The van der Waals surface area contributed by atoms with Crippen LogP contribution in [0.2, 0.25) is 5.02 Å². The van der Waals surface area contributed by atoms with E-state index in [2.05, 4.69) is 5.16 Å². The van der Waals surface area contributed by atoms with E-state index in [1.807, 2.05) is 20.8 Å². The van der Waals surface area contributed by atoms with Crippen molar-refractivity contribution < 1.29 is 19.2 Å². The number of nitrogens with zero attached hydrogens (tertiary/aromatic N) is 2. The lowest BCUT2D eigenvalue weighted by Crippen LogP contribution is -2.29. The summed E-state index contributed by atoms with van der Waals surface area (Å²) in [6, 6.07) is 16.2. The molecule has 4 rings (SSSR count).